The molecule has 0 spiro atoms. The molecule has 0 saturated carbocycles. The molecule has 2 unspecified atom stereocenters. The summed E-state index contributed by atoms with van der Waals surface area (Å²) in [7, 11) is 1.38. The van der Waals surface area contributed by atoms with Gasteiger partial charge in [0, 0.05) is 11.6 Å². The summed E-state index contributed by atoms with van der Waals surface area (Å²) in [6.07, 6.45) is 1.06. The predicted molar refractivity (Wildman–Crippen MR) is 70.9 cm³/mol. The Morgan fingerprint density at radius 3 is 3.00 bits per heavy atom. The summed E-state index contributed by atoms with van der Waals surface area (Å²) in [6.45, 7) is 3.92. The van der Waals surface area contributed by atoms with Crippen molar-refractivity contribution in [2.24, 2.45) is 5.92 Å². The molecule has 1 heterocycles. The average molecular weight is 266 g/mol. The molecule has 19 heavy (non-hydrogen) atoms. The number of methoxy groups -OCH3 is 1. The van der Waals surface area contributed by atoms with Gasteiger partial charge in [0.2, 0.25) is 0 Å². The van der Waals surface area contributed by atoms with Gasteiger partial charge >= 0.3 is 0 Å². The lowest BCUT2D eigenvalue weighted by molar-refractivity contribution is 0.0928. The first-order valence-electron chi connectivity index (χ1n) is 6.47. The Morgan fingerprint density at radius 2 is 2.37 bits per heavy atom. The number of amides is 1. The second-order valence-corrected chi connectivity index (χ2v) is 4.86. The second-order valence-electron chi connectivity index (χ2n) is 4.86. The fourth-order valence-electron chi connectivity index (χ4n) is 2.31. The van der Waals surface area contributed by atoms with Gasteiger partial charge in [0.05, 0.1) is 7.11 Å². The van der Waals surface area contributed by atoms with Crippen molar-refractivity contribution < 1.29 is 13.9 Å². The summed E-state index contributed by atoms with van der Waals surface area (Å²) in [4.78, 5) is 12.1. The third-order valence-electron chi connectivity index (χ3n) is 3.58. The normalized spacial score (nSPS) is 20.1. The van der Waals surface area contributed by atoms with E-state index in [1.54, 1.807) is 0 Å². The van der Waals surface area contributed by atoms with E-state index in [0.29, 0.717) is 11.5 Å². The van der Waals surface area contributed by atoms with Crippen LogP contribution < -0.4 is 15.4 Å². The number of hydrogen-bond acceptors (Lipinski definition) is 3. The van der Waals surface area contributed by atoms with Crippen molar-refractivity contribution in [2.75, 3.05) is 20.2 Å². The third-order valence-corrected chi connectivity index (χ3v) is 3.58. The Bertz CT molecular complexity index is 459. The SMILES string of the molecule is COc1cc(C(=O)NC(C)C2CCNC2)ccc1F. The van der Waals surface area contributed by atoms with Crippen molar-refractivity contribution in [2.45, 2.75) is 19.4 Å². The van der Waals surface area contributed by atoms with Crippen LogP contribution >= 0.6 is 0 Å². The molecule has 0 bridgehead atoms. The van der Waals surface area contributed by atoms with Gasteiger partial charge in [-0.05, 0) is 50.6 Å². The molecule has 1 saturated heterocycles. The Morgan fingerprint density at radius 1 is 1.58 bits per heavy atom. The largest absolute Gasteiger partial charge is 0.494 e. The van der Waals surface area contributed by atoms with E-state index < -0.39 is 5.82 Å². The van der Waals surface area contributed by atoms with Crippen LogP contribution in [0.5, 0.6) is 5.75 Å². The molecule has 1 aromatic rings. The van der Waals surface area contributed by atoms with Gasteiger partial charge in [-0.15, -0.1) is 0 Å². The minimum atomic E-state index is -0.466. The van der Waals surface area contributed by atoms with Gasteiger partial charge in [-0.1, -0.05) is 0 Å². The van der Waals surface area contributed by atoms with E-state index in [4.69, 9.17) is 4.74 Å². The van der Waals surface area contributed by atoms with E-state index in [2.05, 4.69) is 10.6 Å². The molecular weight excluding hydrogens is 247 g/mol. The summed E-state index contributed by atoms with van der Waals surface area (Å²) in [6, 6.07) is 4.23. The van der Waals surface area contributed by atoms with Crippen LogP contribution in [-0.4, -0.2) is 32.1 Å². The van der Waals surface area contributed by atoms with Gasteiger partial charge < -0.3 is 15.4 Å². The monoisotopic (exact) mass is 266 g/mol. The van der Waals surface area contributed by atoms with Crippen LogP contribution in [0.2, 0.25) is 0 Å². The first-order chi connectivity index (χ1) is 9.11. The summed E-state index contributed by atoms with van der Waals surface area (Å²) in [5.41, 5.74) is 0.413. The molecule has 2 atom stereocenters. The molecule has 1 aromatic carbocycles. The highest BCUT2D eigenvalue weighted by Crippen LogP contribution is 2.19. The molecule has 1 aliphatic heterocycles. The fraction of sp³-hybridized carbons (Fsp3) is 0.500. The third kappa shape index (κ3) is 3.23. The van der Waals surface area contributed by atoms with Crippen LogP contribution in [0.1, 0.15) is 23.7 Å². The topological polar surface area (TPSA) is 50.4 Å². The first kappa shape index (κ1) is 13.8. The molecule has 0 aliphatic carbocycles. The van der Waals surface area contributed by atoms with Gasteiger partial charge in [-0.2, -0.15) is 0 Å². The van der Waals surface area contributed by atoms with Gasteiger partial charge in [-0.3, -0.25) is 4.79 Å². The minimum absolute atomic E-state index is 0.0860. The summed E-state index contributed by atoms with van der Waals surface area (Å²) < 4.78 is 18.2. The van der Waals surface area contributed by atoms with Crippen molar-refractivity contribution >= 4 is 5.91 Å². The maximum absolute atomic E-state index is 13.3. The highest BCUT2D eigenvalue weighted by molar-refractivity contribution is 5.94. The molecule has 1 fully saturated rings. The molecule has 1 amide bonds. The lowest BCUT2D eigenvalue weighted by Gasteiger charge is -2.20. The van der Waals surface area contributed by atoms with Crippen LogP contribution in [0, 0.1) is 11.7 Å². The maximum Gasteiger partial charge on any atom is 0.251 e. The number of halogens is 1. The molecule has 104 valence electrons. The molecule has 2 N–H and O–H groups in total. The molecular formula is C14H19FN2O2. The van der Waals surface area contributed by atoms with E-state index in [9.17, 15) is 9.18 Å². The van der Waals surface area contributed by atoms with Crippen LogP contribution in [0.15, 0.2) is 18.2 Å². The van der Waals surface area contributed by atoms with E-state index in [0.717, 1.165) is 19.5 Å². The quantitative estimate of drug-likeness (QED) is 0.869. The molecule has 5 heteroatoms. The second kappa shape index (κ2) is 6.02. The maximum atomic E-state index is 13.3. The van der Waals surface area contributed by atoms with Gasteiger partial charge in [0.1, 0.15) is 0 Å². The minimum Gasteiger partial charge on any atom is -0.494 e. The number of benzene rings is 1. The van der Waals surface area contributed by atoms with E-state index in [-0.39, 0.29) is 17.7 Å². The standard InChI is InChI=1S/C14H19FN2O2/c1-9(11-5-6-16-8-11)17-14(18)10-3-4-12(15)13(7-10)19-2/h3-4,7,9,11,16H,5-6,8H2,1-2H3,(H,17,18). The smallest absolute Gasteiger partial charge is 0.251 e. The highest BCUT2D eigenvalue weighted by Gasteiger charge is 2.23. The van der Waals surface area contributed by atoms with Crippen LogP contribution in [0.4, 0.5) is 4.39 Å². The van der Waals surface area contributed by atoms with Gasteiger partial charge in [0.25, 0.3) is 5.91 Å². The van der Waals surface area contributed by atoms with Crippen molar-refractivity contribution in [1.29, 1.82) is 0 Å². The van der Waals surface area contributed by atoms with E-state index in [1.165, 1.54) is 25.3 Å². The molecule has 0 radical (unpaired) electrons. The van der Waals surface area contributed by atoms with Crippen LogP contribution in [0.3, 0.4) is 0 Å². The van der Waals surface area contributed by atoms with Crippen molar-refractivity contribution in [3.63, 3.8) is 0 Å². The molecule has 0 aromatic heterocycles. The van der Waals surface area contributed by atoms with Gasteiger partial charge in [-0.25, -0.2) is 4.39 Å². The predicted octanol–water partition coefficient (Wildman–Crippen LogP) is 1.56. The zero-order valence-electron chi connectivity index (χ0n) is 11.2. The first-order valence-corrected chi connectivity index (χ1v) is 6.47. The lowest BCUT2D eigenvalue weighted by atomic mass is 10.0. The van der Waals surface area contributed by atoms with Crippen LogP contribution in [-0.2, 0) is 0 Å². The molecule has 2 rings (SSSR count). The summed E-state index contributed by atoms with van der Waals surface area (Å²) in [5.74, 6) is -0.126. The van der Waals surface area contributed by atoms with Crippen molar-refractivity contribution in [3.8, 4) is 5.75 Å². The van der Waals surface area contributed by atoms with Gasteiger partial charge in [0.15, 0.2) is 11.6 Å². The number of carbonyl (C=O) groups excluding carboxylic acids is 1. The molecule has 1 aliphatic rings. The zero-order chi connectivity index (χ0) is 13.8. The summed E-state index contributed by atoms with van der Waals surface area (Å²) in [5, 5.41) is 6.22. The average Bonchev–Trinajstić information content (AvgIpc) is 2.93. The highest BCUT2D eigenvalue weighted by atomic mass is 19.1. The Kier molecular flexibility index (Phi) is 4.37. The zero-order valence-corrected chi connectivity index (χ0v) is 11.2. The number of carbonyl (C=O) groups is 1. The number of nitrogens with one attached hydrogen (secondary N) is 2. The van der Waals surface area contributed by atoms with E-state index in [1.807, 2.05) is 6.92 Å². The van der Waals surface area contributed by atoms with Crippen LogP contribution in [0.25, 0.3) is 0 Å². The number of hydrogen-bond donors (Lipinski definition) is 2. The number of rotatable bonds is 4. The number of ether oxygens (including phenoxy) is 1. The lowest BCUT2D eigenvalue weighted by Crippen LogP contribution is -2.38. The fourth-order valence-corrected chi connectivity index (χ4v) is 2.31. The Balaban J connectivity index is 2.02. The summed E-state index contributed by atoms with van der Waals surface area (Å²) >= 11 is 0. The Labute approximate surface area is 112 Å². The molecule has 4 nitrogen and oxygen atoms in total. The Hall–Kier alpha value is -1.62. The van der Waals surface area contributed by atoms with Crippen molar-refractivity contribution in [3.05, 3.63) is 29.6 Å². The van der Waals surface area contributed by atoms with E-state index >= 15 is 0 Å². The van der Waals surface area contributed by atoms with Crippen molar-refractivity contribution in [1.82, 2.24) is 10.6 Å².